The third-order valence-corrected chi connectivity index (χ3v) is 4.47. The van der Waals surface area contributed by atoms with Crippen LogP contribution in [0.4, 0.5) is 0 Å². The predicted octanol–water partition coefficient (Wildman–Crippen LogP) is 3.76. The maximum absolute atomic E-state index is 8.47. The second-order valence-corrected chi connectivity index (χ2v) is 5.16. The van der Waals surface area contributed by atoms with Gasteiger partial charge in [0.2, 0.25) is 0 Å². The summed E-state index contributed by atoms with van der Waals surface area (Å²) in [6, 6.07) is 0. The van der Waals surface area contributed by atoms with E-state index < -0.39 is 0 Å². The Balaban J connectivity index is 3.54. The summed E-state index contributed by atoms with van der Waals surface area (Å²) >= 11 is 10.3. The Bertz CT molecular complexity index is 116. The number of allylic oxidation sites excluding steroid dienone is 1. The molecule has 0 aromatic heterocycles. The smallest absolute Gasteiger partial charge is 0.0763 e. The van der Waals surface area contributed by atoms with Gasteiger partial charge in [0.05, 0.1) is 6.26 Å². The zero-order chi connectivity index (χ0) is 8.69. The molecule has 0 heterocycles. The van der Waals surface area contributed by atoms with Crippen LogP contribution in [-0.4, -0.2) is 20.1 Å². The number of aliphatic hydroxyl groups excluding tert-OH is 1. The topological polar surface area (TPSA) is 20.2 Å². The van der Waals surface area contributed by atoms with Crippen LogP contribution in [0.2, 0.25) is 0 Å². The lowest BCUT2D eigenvalue weighted by Crippen LogP contribution is -2.11. The summed E-state index contributed by atoms with van der Waals surface area (Å²) < 4.78 is 0. The van der Waals surface area contributed by atoms with Crippen molar-refractivity contribution in [3.63, 3.8) is 0 Å². The summed E-state index contributed by atoms with van der Waals surface area (Å²) in [5.74, 6) is 0. The summed E-state index contributed by atoms with van der Waals surface area (Å²) in [5.41, 5.74) is 0. The van der Waals surface area contributed by atoms with E-state index in [1.165, 1.54) is 0 Å². The Morgan fingerprint density at radius 1 is 1.36 bits per heavy atom. The third kappa shape index (κ3) is 6.17. The van der Waals surface area contributed by atoms with Crippen molar-refractivity contribution in [3.8, 4) is 0 Å². The molecule has 0 aliphatic rings. The van der Waals surface area contributed by atoms with Gasteiger partial charge in [0.15, 0.2) is 0 Å². The molecule has 11 heavy (non-hydrogen) atoms. The molecule has 66 valence electrons. The fourth-order valence-electron chi connectivity index (χ4n) is 0.634. The Kier molecular flexibility index (Phi) is 8.30. The van der Waals surface area contributed by atoms with Gasteiger partial charge in [-0.2, -0.15) is 0 Å². The molecule has 0 saturated carbocycles. The highest BCUT2D eigenvalue weighted by molar-refractivity contribution is 9.12. The quantitative estimate of drug-likeness (QED) is 0.591. The van der Waals surface area contributed by atoms with Gasteiger partial charge in [-0.3, -0.25) is 0 Å². The standard InChI is InChI=1S/C7H11Br3O/c8-4-1-2-6(9)7(10)3-5-11/h3,5-7,11H,1-2,4H2. The molecule has 0 saturated heterocycles. The van der Waals surface area contributed by atoms with Crippen molar-refractivity contribution in [2.45, 2.75) is 22.5 Å². The summed E-state index contributed by atoms with van der Waals surface area (Å²) in [6.45, 7) is 0. The average molecular weight is 351 g/mol. The first-order valence-electron chi connectivity index (χ1n) is 3.37. The average Bonchev–Trinajstić information content (AvgIpc) is 2.00. The van der Waals surface area contributed by atoms with Crippen molar-refractivity contribution in [1.29, 1.82) is 0 Å². The fourth-order valence-corrected chi connectivity index (χ4v) is 1.86. The van der Waals surface area contributed by atoms with Crippen molar-refractivity contribution >= 4 is 47.8 Å². The van der Waals surface area contributed by atoms with Crippen LogP contribution in [0, 0.1) is 0 Å². The third-order valence-electron chi connectivity index (χ3n) is 1.23. The van der Waals surface area contributed by atoms with E-state index in [9.17, 15) is 0 Å². The molecule has 0 aliphatic carbocycles. The molecule has 0 bridgehead atoms. The van der Waals surface area contributed by atoms with E-state index >= 15 is 0 Å². The van der Waals surface area contributed by atoms with Crippen LogP contribution in [0.1, 0.15) is 12.8 Å². The van der Waals surface area contributed by atoms with E-state index in [0.717, 1.165) is 24.4 Å². The second kappa shape index (κ2) is 7.62. The molecule has 0 fully saturated rings. The first kappa shape index (κ1) is 12.0. The van der Waals surface area contributed by atoms with Crippen molar-refractivity contribution in [2.75, 3.05) is 5.33 Å². The highest BCUT2D eigenvalue weighted by Gasteiger charge is 2.11. The van der Waals surface area contributed by atoms with Crippen LogP contribution < -0.4 is 0 Å². The van der Waals surface area contributed by atoms with Crippen molar-refractivity contribution < 1.29 is 5.11 Å². The molecule has 2 unspecified atom stereocenters. The van der Waals surface area contributed by atoms with Crippen LogP contribution in [-0.2, 0) is 0 Å². The lowest BCUT2D eigenvalue weighted by atomic mass is 10.2. The summed E-state index contributed by atoms with van der Waals surface area (Å²) in [5, 5.41) is 9.50. The number of aliphatic hydroxyl groups is 1. The highest BCUT2D eigenvalue weighted by Crippen LogP contribution is 2.20. The molecular formula is C7H11Br3O. The largest absolute Gasteiger partial charge is 0.516 e. The summed E-state index contributed by atoms with van der Waals surface area (Å²) in [4.78, 5) is 0.606. The molecular weight excluding hydrogens is 340 g/mol. The predicted molar refractivity (Wildman–Crippen MR) is 60.2 cm³/mol. The van der Waals surface area contributed by atoms with Crippen LogP contribution in [0.5, 0.6) is 0 Å². The summed E-state index contributed by atoms with van der Waals surface area (Å²) in [7, 11) is 0. The molecule has 0 aromatic rings. The van der Waals surface area contributed by atoms with E-state index in [4.69, 9.17) is 5.11 Å². The zero-order valence-electron chi connectivity index (χ0n) is 6.01. The van der Waals surface area contributed by atoms with Gasteiger partial charge in [0, 0.05) is 15.0 Å². The molecule has 0 amide bonds. The van der Waals surface area contributed by atoms with Gasteiger partial charge < -0.3 is 5.11 Å². The normalized spacial score (nSPS) is 17.0. The minimum atomic E-state index is 0.214. The van der Waals surface area contributed by atoms with Gasteiger partial charge in [-0.25, -0.2) is 0 Å². The van der Waals surface area contributed by atoms with Gasteiger partial charge in [-0.15, -0.1) is 0 Å². The van der Waals surface area contributed by atoms with Crippen LogP contribution in [0.3, 0.4) is 0 Å². The molecule has 4 heteroatoms. The van der Waals surface area contributed by atoms with E-state index in [2.05, 4.69) is 47.8 Å². The lowest BCUT2D eigenvalue weighted by Gasteiger charge is -2.11. The van der Waals surface area contributed by atoms with Gasteiger partial charge >= 0.3 is 0 Å². The molecule has 1 N–H and O–H groups in total. The molecule has 1 nitrogen and oxygen atoms in total. The fraction of sp³-hybridized carbons (Fsp3) is 0.714. The Morgan fingerprint density at radius 2 is 2.00 bits per heavy atom. The number of halogens is 3. The minimum Gasteiger partial charge on any atom is -0.516 e. The van der Waals surface area contributed by atoms with Crippen LogP contribution >= 0.6 is 47.8 Å². The highest BCUT2D eigenvalue weighted by atomic mass is 79.9. The second-order valence-electron chi connectivity index (χ2n) is 2.13. The molecule has 0 spiro atoms. The molecule has 0 aliphatic heterocycles. The van der Waals surface area contributed by atoms with E-state index in [1.54, 1.807) is 6.08 Å². The van der Waals surface area contributed by atoms with Crippen molar-refractivity contribution in [1.82, 2.24) is 0 Å². The monoisotopic (exact) mass is 348 g/mol. The van der Waals surface area contributed by atoms with Crippen LogP contribution in [0.25, 0.3) is 0 Å². The lowest BCUT2D eigenvalue weighted by molar-refractivity contribution is 0.471. The minimum absolute atomic E-state index is 0.214. The van der Waals surface area contributed by atoms with Crippen molar-refractivity contribution in [2.24, 2.45) is 0 Å². The number of alkyl halides is 3. The van der Waals surface area contributed by atoms with Crippen molar-refractivity contribution in [3.05, 3.63) is 12.3 Å². The maximum atomic E-state index is 8.47. The molecule has 0 radical (unpaired) electrons. The number of hydrogen-bond donors (Lipinski definition) is 1. The molecule has 0 rings (SSSR count). The zero-order valence-corrected chi connectivity index (χ0v) is 10.8. The Morgan fingerprint density at radius 3 is 2.45 bits per heavy atom. The SMILES string of the molecule is OC=CC(Br)C(Br)CCCBr. The Hall–Kier alpha value is 0.980. The van der Waals surface area contributed by atoms with Gasteiger partial charge in [-0.1, -0.05) is 47.8 Å². The van der Waals surface area contributed by atoms with E-state index in [-0.39, 0.29) is 4.83 Å². The first-order valence-corrected chi connectivity index (χ1v) is 6.32. The van der Waals surface area contributed by atoms with Gasteiger partial charge in [0.25, 0.3) is 0 Å². The van der Waals surface area contributed by atoms with Gasteiger partial charge in [-0.05, 0) is 18.9 Å². The summed E-state index contributed by atoms with van der Waals surface area (Å²) in [6.07, 6.45) is 5.01. The molecule has 2 atom stereocenters. The maximum Gasteiger partial charge on any atom is 0.0763 e. The Labute approximate surface area is 92.6 Å². The van der Waals surface area contributed by atoms with E-state index in [0.29, 0.717) is 4.83 Å². The number of hydrogen-bond acceptors (Lipinski definition) is 1. The molecule has 0 aromatic carbocycles. The van der Waals surface area contributed by atoms with Crippen LogP contribution in [0.15, 0.2) is 12.3 Å². The first-order chi connectivity index (χ1) is 5.22. The number of rotatable bonds is 5. The van der Waals surface area contributed by atoms with E-state index in [1.807, 2.05) is 0 Å². The van der Waals surface area contributed by atoms with Gasteiger partial charge in [0.1, 0.15) is 0 Å².